The number of anilines is 1. The number of fused-ring (bicyclic) bond motifs is 4. The topological polar surface area (TPSA) is 56.3 Å². The number of aromatic hydroxyl groups is 1. The Bertz CT molecular complexity index is 1300. The fraction of sp³-hybridized carbons (Fsp3) is 0.130. The minimum atomic E-state index is -0.145. The molecule has 6 heteroatoms. The number of nitrogens with one attached hydrogen (secondary N) is 1. The van der Waals surface area contributed by atoms with Gasteiger partial charge in [0.1, 0.15) is 11.4 Å². The van der Waals surface area contributed by atoms with Crippen LogP contribution in [-0.4, -0.2) is 33.8 Å². The molecule has 1 aromatic heterocycles. The number of hydrogen-bond donors (Lipinski definition) is 2. The molecule has 2 heterocycles. The number of thiocarbonyl (C=S) groups is 1. The van der Waals surface area contributed by atoms with Crippen molar-refractivity contribution in [1.29, 1.82) is 0 Å². The molecule has 0 radical (unpaired) electrons. The molecule has 4 aromatic rings. The zero-order chi connectivity index (χ0) is 20.1. The highest BCUT2D eigenvalue weighted by molar-refractivity contribution is 7.79. The van der Waals surface area contributed by atoms with Crippen molar-refractivity contribution in [1.82, 2.24) is 4.98 Å². The van der Waals surface area contributed by atoms with Crippen molar-refractivity contribution >= 4 is 62.5 Å². The number of phenolic OH excluding ortho intramolecular Hbond substituents is 1. The van der Waals surface area contributed by atoms with Crippen LogP contribution < -0.4 is 4.90 Å². The van der Waals surface area contributed by atoms with E-state index in [9.17, 15) is 9.90 Å². The maximum Gasteiger partial charge on any atom is 0.274 e. The summed E-state index contributed by atoms with van der Waals surface area (Å²) in [6.45, 7) is 0.478. The molecule has 1 aliphatic rings. The highest BCUT2D eigenvalue weighted by Crippen LogP contribution is 2.45. The summed E-state index contributed by atoms with van der Waals surface area (Å²) in [6.07, 6.45) is 0. The number of rotatable bonds is 3. The molecule has 0 saturated heterocycles. The largest absolute Gasteiger partial charge is 0.507 e. The second kappa shape index (κ2) is 6.87. The number of benzene rings is 3. The summed E-state index contributed by atoms with van der Waals surface area (Å²) in [5.41, 5.74) is 4.03. The number of phenols is 1. The predicted octanol–water partition coefficient (Wildman–Crippen LogP) is 5.36. The van der Waals surface area contributed by atoms with Gasteiger partial charge in [-0.05, 0) is 34.7 Å². The molecule has 144 valence electrons. The fourth-order valence-corrected chi connectivity index (χ4v) is 4.63. The van der Waals surface area contributed by atoms with Crippen LogP contribution in [-0.2, 0) is 0 Å². The number of amides is 1. The molecule has 2 N–H and O–H groups in total. The molecule has 4 nitrogen and oxygen atoms in total. The van der Waals surface area contributed by atoms with Gasteiger partial charge in [0.15, 0.2) is 0 Å². The third-order valence-corrected chi connectivity index (χ3v) is 6.23. The van der Waals surface area contributed by atoms with Crippen LogP contribution in [0.5, 0.6) is 5.75 Å². The van der Waals surface area contributed by atoms with E-state index in [1.807, 2.05) is 48.5 Å². The summed E-state index contributed by atoms with van der Waals surface area (Å²) in [5.74, 6) is 0.422. The molecule has 1 atom stereocenters. The van der Waals surface area contributed by atoms with Gasteiger partial charge < -0.3 is 15.0 Å². The molecular formula is C23H17ClN2O2S. The Hall–Kier alpha value is -2.89. The molecule has 1 aliphatic heterocycles. The molecular weight excluding hydrogens is 404 g/mol. The molecule has 0 fully saturated rings. The van der Waals surface area contributed by atoms with Crippen LogP contribution in [0.2, 0.25) is 0 Å². The summed E-state index contributed by atoms with van der Waals surface area (Å²) in [4.78, 5) is 18.3. The predicted molar refractivity (Wildman–Crippen MR) is 122 cm³/mol. The zero-order valence-corrected chi connectivity index (χ0v) is 16.9. The number of nitrogens with zero attached hydrogens (tertiary/aromatic N) is 1. The van der Waals surface area contributed by atoms with E-state index in [2.05, 4.69) is 4.98 Å². The van der Waals surface area contributed by atoms with Gasteiger partial charge in [-0.1, -0.05) is 42.5 Å². The van der Waals surface area contributed by atoms with Crippen molar-refractivity contribution in [2.24, 2.45) is 0 Å². The minimum absolute atomic E-state index is 0.00640. The monoisotopic (exact) mass is 420 g/mol. The molecule has 1 amide bonds. The maximum absolute atomic E-state index is 13.4. The highest BCUT2D eigenvalue weighted by Gasteiger charge is 2.35. The number of carbonyl (C=O) groups is 1. The molecule has 0 aliphatic carbocycles. The molecule has 3 aromatic carbocycles. The van der Waals surface area contributed by atoms with Crippen LogP contribution in [0.15, 0.2) is 54.6 Å². The molecule has 29 heavy (non-hydrogen) atoms. The lowest BCUT2D eigenvalue weighted by Gasteiger charge is -2.17. The third-order valence-electron chi connectivity index (χ3n) is 5.59. The second-order valence-electron chi connectivity index (χ2n) is 7.29. The number of aromatic nitrogens is 1. The first kappa shape index (κ1) is 18.2. The van der Waals surface area contributed by atoms with E-state index >= 15 is 0 Å². The van der Waals surface area contributed by atoms with Crippen LogP contribution in [0, 0.1) is 0 Å². The van der Waals surface area contributed by atoms with Gasteiger partial charge in [-0.2, -0.15) is 0 Å². The Morgan fingerprint density at radius 1 is 1.21 bits per heavy atom. The van der Waals surface area contributed by atoms with E-state index in [1.165, 1.54) is 0 Å². The summed E-state index contributed by atoms with van der Waals surface area (Å²) in [5, 5.41) is 14.8. The highest BCUT2D eigenvalue weighted by atomic mass is 35.5. The number of halogens is 1. The Kier molecular flexibility index (Phi) is 4.30. The van der Waals surface area contributed by atoms with E-state index < -0.39 is 0 Å². The summed E-state index contributed by atoms with van der Waals surface area (Å²) in [6, 6.07) is 17.0. The Morgan fingerprint density at radius 3 is 2.76 bits per heavy atom. The molecule has 0 bridgehead atoms. The lowest BCUT2D eigenvalue weighted by atomic mass is 9.95. The second-order valence-corrected chi connectivity index (χ2v) is 7.83. The standard InChI is InChI=1S/C23H17ClN2O2S/c24-10-15-11-26(20-9-21(27)16-3-1-2-4-17(16)22(15)20)23(28)19-8-14-7-13(12-29)5-6-18(14)25-19/h1-9,12,15,25,27H,10-11H2/t15-/m1/s1. The average Bonchev–Trinajstić information content (AvgIpc) is 3.34. The molecule has 0 saturated carbocycles. The minimum Gasteiger partial charge on any atom is -0.507 e. The van der Waals surface area contributed by atoms with E-state index in [0.717, 1.165) is 38.5 Å². The van der Waals surface area contributed by atoms with E-state index in [4.69, 9.17) is 23.8 Å². The Labute approximate surface area is 177 Å². The smallest absolute Gasteiger partial charge is 0.274 e. The molecule has 0 spiro atoms. The maximum atomic E-state index is 13.4. The first-order valence-corrected chi connectivity index (χ1v) is 10.3. The number of alkyl halides is 1. The average molecular weight is 421 g/mol. The summed E-state index contributed by atoms with van der Waals surface area (Å²) >= 11 is 11.3. The quantitative estimate of drug-likeness (QED) is 0.346. The van der Waals surface area contributed by atoms with Gasteiger partial charge in [-0.3, -0.25) is 4.79 Å². The van der Waals surface area contributed by atoms with Gasteiger partial charge in [0.25, 0.3) is 5.91 Å². The Balaban J connectivity index is 1.63. The van der Waals surface area contributed by atoms with Crippen LogP contribution in [0.1, 0.15) is 27.5 Å². The zero-order valence-electron chi connectivity index (χ0n) is 15.4. The van der Waals surface area contributed by atoms with E-state index in [0.29, 0.717) is 18.1 Å². The van der Waals surface area contributed by atoms with Crippen molar-refractivity contribution < 1.29 is 9.90 Å². The first-order valence-electron chi connectivity index (χ1n) is 9.31. The van der Waals surface area contributed by atoms with Gasteiger partial charge in [-0.25, -0.2) is 0 Å². The van der Waals surface area contributed by atoms with Crippen molar-refractivity contribution in [3.63, 3.8) is 0 Å². The van der Waals surface area contributed by atoms with E-state index in [1.54, 1.807) is 16.3 Å². The van der Waals surface area contributed by atoms with Crippen LogP contribution in [0.4, 0.5) is 5.69 Å². The number of hydrogen-bond acceptors (Lipinski definition) is 3. The van der Waals surface area contributed by atoms with Crippen LogP contribution in [0.3, 0.4) is 0 Å². The SMILES string of the molecule is O=C(c1cc2cc(C=S)ccc2[nH]1)N1C[C@@H](CCl)c2c1cc(O)c1ccccc21. The lowest BCUT2D eigenvalue weighted by Crippen LogP contribution is -2.30. The van der Waals surface area contributed by atoms with E-state index in [-0.39, 0.29) is 17.6 Å². The van der Waals surface area contributed by atoms with Gasteiger partial charge >= 0.3 is 0 Å². The first-order chi connectivity index (χ1) is 14.1. The van der Waals surface area contributed by atoms with Crippen LogP contribution >= 0.6 is 23.8 Å². The number of aromatic amines is 1. The van der Waals surface area contributed by atoms with Crippen molar-refractivity contribution in [3.8, 4) is 5.75 Å². The molecule has 0 unspecified atom stereocenters. The number of H-pyrrole nitrogens is 1. The normalized spacial score (nSPS) is 15.8. The molecule has 5 rings (SSSR count). The third kappa shape index (κ3) is 2.81. The van der Waals surface area contributed by atoms with Gasteiger partial charge in [0, 0.05) is 46.1 Å². The summed E-state index contributed by atoms with van der Waals surface area (Å²) in [7, 11) is 0. The van der Waals surface area contributed by atoms with Gasteiger partial charge in [0.05, 0.1) is 5.69 Å². The Morgan fingerprint density at radius 2 is 2.00 bits per heavy atom. The van der Waals surface area contributed by atoms with Crippen molar-refractivity contribution in [3.05, 3.63) is 71.4 Å². The van der Waals surface area contributed by atoms with Gasteiger partial charge in [-0.15, -0.1) is 11.6 Å². The fourth-order valence-electron chi connectivity index (χ4n) is 4.23. The van der Waals surface area contributed by atoms with Crippen molar-refractivity contribution in [2.45, 2.75) is 5.92 Å². The lowest BCUT2D eigenvalue weighted by molar-refractivity contribution is 0.0984. The summed E-state index contributed by atoms with van der Waals surface area (Å²) < 4.78 is 0. The van der Waals surface area contributed by atoms with Gasteiger partial charge in [0.2, 0.25) is 0 Å². The number of carbonyl (C=O) groups excluding carboxylic acids is 1. The van der Waals surface area contributed by atoms with Crippen molar-refractivity contribution in [2.75, 3.05) is 17.3 Å². The van der Waals surface area contributed by atoms with Crippen LogP contribution in [0.25, 0.3) is 21.7 Å².